The summed E-state index contributed by atoms with van der Waals surface area (Å²) in [5.41, 5.74) is 4.77. The van der Waals surface area contributed by atoms with Gasteiger partial charge in [-0.25, -0.2) is 14.4 Å². The number of nitrogens with zero attached hydrogens (tertiary/aromatic N) is 5. The standard InChI is InChI=1S/C27H31FN6O2/c1-16(20-11-23(36-3)29-13-22(20)28)26(35)34-9-8-27(15-34)7-6-18-10-21(19-12-30-33(2)14-19)24(17-4-5-17)31-25(18)32-27/h10-14,16-17H,4-9,15H2,1-3H3,(H,31,32). The van der Waals surface area contributed by atoms with Crippen molar-refractivity contribution in [1.82, 2.24) is 24.6 Å². The van der Waals surface area contributed by atoms with E-state index in [-0.39, 0.29) is 11.4 Å². The van der Waals surface area contributed by atoms with Crippen LogP contribution >= 0.6 is 0 Å². The molecule has 1 amide bonds. The lowest BCUT2D eigenvalue weighted by Gasteiger charge is -2.37. The van der Waals surface area contributed by atoms with Gasteiger partial charge in [-0.3, -0.25) is 9.48 Å². The lowest BCUT2D eigenvalue weighted by atomic mass is 9.85. The summed E-state index contributed by atoms with van der Waals surface area (Å²) in [5, 5.41) is 8.10. The Morgan fingerprint density at radius 1 is 1.28 bits per heavy atom. The zero-order valence-corrected chi connectivity index (χ0v) is 20.9. The van der Waals surface area contributed by atoms with Gasteiger partial charge in [0.25, 0.3) is 0 Å². The number of carbonyl (C=O) groups is 1. The Labute approximate surface area is 209 Å². The van der Waals surface area contributed by atoms with Gasteiger partial charge in [0, 0.05) is 55.0 Å². The first-order chi connectivity index (χ1) is 17.4. The molecule has 188 valence electrons. The summed E-state index contributed by atoms with van der Waals surface area (Å²) in [5.74, 6) is 0.567. The van der Waals surface area contributed by atoms with Gasteiger partial charge >= 0.3 is 0 Å². The number of hydrogen-bond donors (Lipinski definition) is 1. The molecule has 1 saturated carbocycles. The summed E-state index contributed by atoms with van der Waals surface area (Å²) in [4.78, 5) is 24.3. The highest BCUT2D eigenvalue weighted by molar-refractivity contribution is 5.84. The van der Waals surface area contributed by atoms with Gasteiger partial charge in [-0.05, 0) is 50.7 Å². The number of methoxy groups -OCH3 is 1. The van der Waals surface area contributed by atoms with Gasteiger partial charge < -0.3 is 15.0 Å². The Balaban J connectivity index is 1.23. The van der Waals surface area contributed by atoms with Crippen LogP contribution in [-0.2, 0) is 18.3 Å². The molecular weight excluding hydrogens is 459 g/mol. The molecule has 9 heteroatoms. The van der Waals surface area contributed by atoms with E-state index in [2.05, 4.69) is 27.7 Å². The van der Waals surface area contributed by atoms with E-state index in [1.54, 1.807) is 6.92 Å². The maximum absolute atomic E-state index is 14.5. The van der Waals surface area contributed by atoms with Crippen molar-refractivity contribution in [2.24, 2.45) is 7.05 Å². The number of anilines is 1. The minimum absolute atomic E-state index is 0.0785. The van der Waals surface area contributed by atoms with Crippen LogP contribution in [0.25, 0.3) is 11.1 Å². The van der Waals surface area contributed by atoms with Gasteiger partial charge in [0.2, 0.25) is 11.8 Å². The van der Waals surface area contributed by atoms with E-state index in [1.165, 1.54) is 37.1 Å². The third-order valence-electron chi connectivity index (χ3n) is 7.94. The Bertz CT molecular complexity index is 1340. The van der Waals surface area contributed by atoms with E-state index in [0.717, 1.165) is 42.5 Å². The number of amides is 1. The van der Waals surface area contributed by atoms with Gasteiger partial charge in [-0.15, -0.1) is 0 Å². The SMILES string of the molecule is COc1cc(C(C)C(=O)N2CCC3(CCc4cc(-c5cnn(C)c5)c(C5CC5)nc4N3)C2)c(F)cn1. The first-order valence-corrected chi connectivity index (χ1v) is 12.6. The molecule has 1 N–H and O–H groups in total. The average Bonchev–Trinajstić information content (AvgIpc) is 3.52. The van der Waals surface area contributed by atoms with Crippen LogP contribution in [0.1, 0.15) is 61.3 Å². The number of pyridine rings is 2. The second-order valence-corrected chi connectivity index (χ2v) is 10.5. The number of likely N-dealkylation sites (tertiary alicyclic amines) is 1. The molecular formula is C27H31FN6O2. The zero-order chi connectivity index (χ0) is 25.0. The molecule has 0 aromatic carbocycles. The molecule has 2 atom stereocenters. The van der Waals surface area contributed by atoms with Crippen LogP contribution in [0.15, 0.2) is 30.7 Å². The van der Waals surface area contributed by atoms with Gasteiger partial charge in [-0.2, -0.15) is 5.10 Å². The predicted molar refractivity (Wildman–Crippen MR) is 133 cm³/mol. The quantitative estimate of drug-likeness (QED) is 0.581. The molecule has 1 spiro atoms. The lowest BCUT2D eigenvalue weighted by Crippen LogP contribution is -2.46. The highest BCUT2D eigenvalue weighted by atomic mass is 19.1. The molecule has 3 aliphatic rings. The predicted octanol–water partition coefficient (Wildman–Crippen LogP) is 4.04. The molecule has 0 bridgehead atoms. The van der Waals surface area contributed by atoms with Crippen molar-refractivity contribution in [2.45, 2.75) is 56.4 Å². The van der Waals surface area contributed by atoms with Crippen LogP contribution in [0.4, 0.5) is 10.2 Å². The smallest absolute Gasteiger partial charge is 0.230 e. The molecule has 5 heterocycles. The van der Waals surface area contributed by atoms with Crippen LogP contribution in [0.3, 0.4) is 0 Å². The first kappa shape index (κ1) is 22.9. The molecule has 8 nitrogen and oxygen atoms in total. The normalized spacial score (nSPS) is 21.8. The Morgan fingerprint density at radius 3 is 2.83 bits per heavy atom. The van der Waals surface area contributed by atoms with Crippen molar-refractivity contribution in [1.29, 1.82) is 0 Å². The minimum Gasteiger partial charge on any atom is -0.481 e. The monoisotopic (exact) mass is 490 g/mol. The number of fused-ring (bicyclic) bond motifs is 1. The fourth-order valence-corrected chi connectivity index (χ4v) is 5.67. The van der Waals surface area contributed by atoms with E-state index < -0.39 is 11.7 Å². The summed E-state index contributed by atoms with van der Waals surface area (Å²) < 4.78 is 21.4. The number of nitrogens with one attached hydrogen (secondary N) is 1. The van der Waals surface area contributed by atoms with Gasteiger partial charge in [0.15, 0.2) is 0 Å². The number of aromatic nitrogens is 4. The van der Waals surface area contributed by atoms with Crippen LogP contribution in [-0.4, -0.2) is 56.3 Å². The molecule has 2 unspecified atom stereocenters. The minimum atomic E-state index is -0.616. The van der Waals surface area contributed by atoms with Gasteiger partial charge in [0.1, 0.15) is 11.6 Å². The van der Waals surface area contributed by atoms with Gasteiger partial charge in [-0.1, -0.05) is 0 Å². The van der Waals surface area contributed by atoms with Crippen LogP contribution in [0.2, 0.25) is 0 Å². The van der Waals surface area contributed by atoms with Crippen molar-refractivity contribution in [2.75, 3.05) is 25.5 Å². The van der Waals surface area contributed by atoms with Crippen LogP contribution in [0.5, 0.6) is 5.88 Å². The topological polar surface area (TPSA) is 85.2 Å². The average molecular weight is 491 g/mol. The second-order valence-electron chi connectivity index (χ2n) is 10.5. The fourth-order valence-electron chi connectivity index (χ4n) is 5.67. The maximum Gasteiger partial charge on any atom is 0.230 e. The van der Waals surface area contributed by atoms with Crippen LogP contribution in [0, 0.1) is 5.82 Å². The molecule has 0 radical (unpaired) electrons. The number of hydrogen-bond acceptors (Lipinski definition) is 6. The highest BCUT2D eigenvalue weighted by Crippen LogP contribution is 2.46. The van der Waals surface area contributed by atoms with E-state index in [1.807, 2.05) is 22.8 Å². The second kappa shape index (κ2) is 8.57. The number of rotatable bonds is 5. The van der Waals surface area contributed by atoms with E-state index >= 15 is 0 Å². The van der Waals surface area contributed by atoms with E-state index in [0.29, 0.717) is 30.5 Å². The number of carbonyl (C=O) groups excluding carboxylic acids is 1. The van der Waals surface area contributed by atoms with Crippen molar-refractivity contribution >= 4 is 11.7 Å². The Kier molecular flexibility index (Phi) is 5.46. The number of ether oxygens (including phenoxy) is 1. The molecule has 2 aliphatic heterocycles. The van der Waals surface area contributed by atoms with Crippen LogP contribution < -0.4 is 10.1 Å². The summed E-state index contributed by atoms with van der Waals surface area (Å²) in [7, 11) is 3.42. The Hall–Kier alpha value is -3.49. The molecule has 3 aromatic heterocycles. The van der Waals surface area contributed by atoms with Crippen molar-refractivity contribution in [3.05, 3.63) is 53.4 Å². The molecule has 2 fully saturated rings. The summed E-state index contributed by atoms with van der Waals surface area (Å²) >= 11 is 0. The van der Waals surface area contributed by atoms with E-state index in [9.17, 15) is 9.18 Å². The number of aryl methyl sites for hydroxylation is 2. The first-order valence-electron chi connectivity index (χ1n) is 12.6. The van der Waals surface area contributed by atoms with Crippen molar-refractivity contribution < 1.29 is 13.9 Å². The molecule has 36 heavy (non-hydrogen) atoms. The highest BCUT2D eigenvalue weighted by Gasteiger charge is 2.44. The summed E-state index contributed by atoms with van der Waals surface area (Å²) in [6.07, 6.45) is 10.1. The molecule has 6 rings (SSSR count). The van der Waals surface area contributed by atoms with E-state index in [4.69, 9.17) is 9.72 Å². The lowest BCUT2D eigenvalue weighted by molar-refractivity contribution is -0.131. The third-order valence-corrected chi connectivity index (χ3v) is 7.94. The molecule has 1 saturated heterocycles. The van der Waals surface area contributed by atoms with Gasteiger partial charge in [0.05, 0.1) is 36.7 Å². The third kappa shape index (κ3) is 4.00. The number of halogens is 1. The zero-order valence-electron chi connectivity index (χ0n) is 20.9. The summed E-state index contributed by atoms with van der Waals surface area (Å²) in [6, 6.07) is 3.80. The van der Waals surface area contributed by atoms with Crippen molar-refractivity contribution in [3.63, 3.8) is 0 Å². The fraction of sp³-hybridized carbons (Fsp3) is 0.481. The maximum atomic E-state index is 14.5. The molecule has 1 aliphatic carbocycles. The Morgan fingerprint density at radius 2 is 2.11 bits per heavy atom. The molecule has 3 aromatic rings. The summed E-state index contributed by atoms with van der Waals surface area (Å²) in [6.45, 7) is 2.97. The van der Waals surface area contributed by atoms with Crippen molar-refractivity contribution in [3.8, 4) is 17.0 Å². The largest absolute Gasteiger partial charge is 0.481 e.